The fourth-order valence-corrected chi connectivity index (χ4v) is 4.29. The van der Waals surface area contributed by atoms with Gasteiger partial charge in [-0.25, -0.2) is 0 Å². The van der Waals surface area contributed by atoms with Gasteiger partial charge in [0.2, 0.25) is 5.91 Å². The molecular formula is C18H22N2O3S2. The second-order valence-corrected chi connectivity index (χ2v) is 8.19. The highest BCUT2D eigenvalue weighted by molar-refractivity contribution is 8.26. The van der Waals surface area contributed by atoms with Crippen LogP contribution in [0.2, 0.25) is 0 Å². The van der Waals surface area contributed by atoms with Gasteiger partial charge in [-0.15, -0.1) is 0 Å². The lowest BCUT2D eigenvalue weighted by molar-refractivity contribution is -0.133. The van der Waals surface area contributed by atoms with Crippen molar-refractivity contribution in [1.82, 2.24) is 9.80 Å². The van der Waals surface area contributed by atoms with Crippen LogP contribution in [0, 0.1) is 5.92 Å². The molecule has 7 heteroatoms. The molecule has 3 heterocycles. The number of hydrogen-bond donors (Lipinski definition) is 0. The first kappa shape index (κ1) is 18.2. The second kappa shape index (κ2) is 8.19. The Kier molecular flexibility index (Phi) is 5.96. The normalized spacial score (nSPS) is 20.8. The number of carbonyl (C=O) groups excluding carboxylic acids is 2. The SMILES string of the molecule is CC1CCN(C(=O)CCCN2C(=O)C(=Cc3ccco3)SC2=S)CC1. The van der Waals surface area contributed by atoms with Crippen molar-refractivity contribution < 1.29 is 14.0 Å². The smallest absolute Gasteiger partial charge is 0.266 e. The molecule has 0 atom stereocenters. The maximum Gasteiger partial charge on any atom is 0.266 e. The summed E-state index contributed by atoms with van der Waals surface area (Å²) in [5.41, 5.74) is 0. The number of furan rings is 1. The number of thioether (sulfide) groups is 1. The summed E-state index contributed by atoms with van der Waals surface area (Å²) < 4.78 is 5.79. The van der Waals surface area contributed by atoms with Gasteiger partial charge in [0.15, 0.2) is 0 Å². The average molecular weight is 379 g/mol. The van der Waals surface area contributed by atoms with E-state index in [9.17, 15) is 9.59 Å². The standard InChI is InChI=1S/C18H22N2O3S2/c1-13-6-9-19(10-7-13)16(21)5-2-8-20-17(22)15(25-18(20)24)12-14-4-3-11-23-14/h3-4,11-13H,2,5-10H2,1H3. The number of amides is 2. The molecule has 0 radical (unpaired) electrons. The molecule has 3 rings (SSSR count). The number of thiocarbonyl (C=S) groups is 1. The molecule has 0 aromatic carbocycles. The fraction of sp³-hybridized carbons (Fsp3) is 0.500. The van der Waals surface area contributed by atoms with Crippen molar-refractivity contribution in [3.05, 3.63) is 29.1 Å². The Balaban J connectivity index is 1.49. The van der Waals surface area contributed by atoms with Crippen molar-refractivity contribution in [3.63, 3.8) is 0 Å². The average Bonchev–Trinajstić information content (AvgIpc) is 3.19. The molecule has 2 aliphatic rings. The molecule has 0 spiro atoms. The van der Waals surface area contributed by atoms with Crippen LogP contribution in [0.1, 0.15) is 38.4 Å². The quantitative estimate of drug-likeness (QED) is 0.580. The zero-order chi connectivity index (χ0) is 17.8. The molecular weight excluding hydrogens is 356 g/mol. The fourth-order valence-electron chi connectivity index (χ4n) is 3.00. The van der Waals surface area contributed by atoms with Crippen molar-refractivity contribution in [2.75, 3.05) is 19.6 Å². The molecule has 0 bridgehead atoms. The number of hydrogen-bond acceptors (Lipinski definition) is 5. The summed E-state index contributed by atoms with van der Waals surface area (Å²) in [4.78, 5) is 28.8. The van der Waals surface area contributed by atoms with Gasteiger partial charge >= 0.3 is 0 Å². The van der Waals surface area contributed by atoms with Crippen LogP contribution < -0.4 is 0 Å². The van der Waals surface area contributed by atoms with Gasteiger partial charge in [-0.05, 0) is 37.3 Å². The van der Waals surface area contributed by atoms with Crippen LogP contribution in [0.25, 0.3) is 6.08 Å². The minimum absolute atomic E-state index is 0.106. The maximum absolute atomic E-state index is 12.5. The summed E-state index contributed by atoms with van der Waals surface area (Å²) in [6, 6.07) is 3.57. The molecule has 2 aliphatic heterocycles. The van der Waals surface area contributed by atoms with E-state index in [0.29, 0.717) is 40.3 Å². The molecule has 2 amide bonds. The van der Waals surface area contributed by atoms with Gasteiger partial charge in [0.05, 0.1) is 11.2 Å². The lowest BCUT2D eigenvalue weighted by Crippen LogP contribution is -2.38. The minimum Gasteiger partial charge on any atom is -0.465 e. The monoisotopic (exact) mass is 378 g/mol. The van der Waals surface area contributed by atoms with Gasteiger partial charge in [-0.1, -0.05) is 30.9 Å². The lowest BCUT2D eigenvalue weighted by atomic mass is 9.99. The third kappa shape index (κ3) is 4.52. The molecule has 134 valence electrons. The van der Waals surface area contributed by atoms with Crippen molar-refractivity contribution >= 4 is 46.2 Å². The van der Waals surface area contributed by atoms with Gasteiger partial charge in [0.1, 0.15) is 10.1 Å². The van der Waals surface area contributed by atoms with Crippen LogP contribution in [0.15, 0.2) is 27.7 Å². The molecule has 0 N–H and O–H groups in total. The first-order chi connectivity index (χ1) is 12.0. The molecule has 2 fully saturated rings. The molecule has 1 aromatic heterocycles. The Morgan fingerprint density at radius 3 is 2.88 bits per heavy atom. The second-order valence-electron chi connectivity index (χ2n) is 6.52. The summed E-state index contributed by atoms with van der Waals surface area (Å²) in [5.74, 6) is 1.42. The summed E-state index contributed by atoms with van der Waals surface area (Å²) >= 11 is 6.59. The number of nitrogens with zero attached hydrogens (tertiary/aromatic N) is 2. The molecule has 0 unspecified atom stereocenters. The van der Waals surface area contributed by atoms with Crippen LogP contribution in [-0.4, -0.2) is 45.6 Å². The van der Waals surface area contributed by atoms with Gasteiger partial charge in [-0.2, -0.15) is 0 Å². The van der Waals surface area contributed by atoms with E-state index in [1.165, 1.54) is 11.8 Å². The van der Waals surface area contributed by atoms with Crippen molar-refractivity contribution in [2.24, 2.45) is 5.92 Å². The van der Waals surface area contributed by atoms with Gasteiger partial charge in [0.25, 0.3) is 5.91 Å². The number of rotatable bonds is 5. The third-order valence-corrected chi connectivity index (χ3v) is 5.98. The van der Waals surface area contributed by atoms with Crippen LogP contribution in [0.3, 0.4) is 0 Å². The number of piperidine rings is 1. The van der Waals surface area contributed by atoms with Crippen molar-refractivity contribution in [1.29, 1.82) is 0 Å². The van der Waals surface area contributed by atoms with Crippen molar-refractivity contribution in [2.45, 2.75) is 32.6 Å². The predicted octanol–water partition coefficient (Wildman–Crippen LogP) is 3.52. The van der Waals surface area contributed by atoms with E-state index in [1.54, 1.807) is 29.4 Å². The molecule has 1 aromatic rings. The van der Waals surface area contributed by atoms with E-state index in [1.807, 2.05) is 4.90 Å². The zero-order valence-electron chi connectivity index (χ0n) is 14.3. The minimum atomic E-state index is -0.106. The molecule has 0 saturated carbocycles. The van der Waals surface area contributed by atoms with Crippen molar-refractivity contribution in [3.8, 4) is 0 Å². The Bertz CT molecular complexity index is 677. The van der Waals surface area contributed by atoms with Crippen LogP contribution >= 0.6 is 24.0 Å². The van der Waals surface area contributed by atoms with E-state index >= 15 is 0 Å². The van der Waals surface area contributed by atoms with Gasteiger partial charge < -0.3 is 9.32 Å². The lowest BCUT2D eigenvalue weighted by Gasteiger charge is -2.30. The maximum atomic E-state index is 12.5. The van der Waals surface area contributed by atoms with Gasteiger partial charge in [-0.3, -0.25) is 14.5 Å². The summed E-state index contributed by atoms with van der Waals surface area (Å²) in [7, 11) is 0. The topological polar surface area (TPSA) is 53.8 Å². The molecule has 5 nitrogen and oxygen atoms in total. The van der Waals surface area contributed by atoms with Crippen LogP contribution in [-0.2, 0) is 9.59 Å². The first-order valence-corrected chi connectivity index (χ1v) is 9.83. The van der Waals surface area contributed by atoms with E-state index in [0.717, 1.165) is 25.9 Å². The molecule has 25 heavy (non-hydrogen) atoms. The van der Waals surface area contributed by atoms with Gasteiger partial charge in [0, 0.05) is 32.1 Å². The summed E-state index contributed by atoms with van der Waals surface area (Å²) in [5, 5.41) is 0. The van der Waals surface area contributed by atoms with E-state index in [-0.39, 0.29) is 11.8 Å². The molecule has 0 aliphatic carbocycles. The summed E-state index contributed by atoms with van der Waals surface area (Å²) in [6.07, 6.45) is 6.53. The van der Waals surface area contributed by atoms with E-state index in [2.05, 4.69) is 6.92 Å². The van der Waals surface area contributed by atoms with Crippen LogP contribution in [0.4, 0.5) is 0 Å². The Hall–Kier alpha value is -1.60. The highest BCUT2D eigenvalue weighted by atomic mass is 32.2. The van der Waals surface area contributed by atoms with E-state index in [4.69, 9.17) is 16.6 Å². The molecule has 2 saturated heterocycles. The van der Waals surface area contributed by atoms with E-state index < -0.39 is 0 Å². The zero-order valence-corrected chi connectivity index (χ0v) is 15.9. The highest BCUT2D eigenvalue weighted by Gasteiger charge is 2.32. The highest BCUT2D eigenvalue weighted by Crippen LogP contribution is 2.32. The Morgan fingerprint density at radius 1 is 1.44 bits per heavy atom. The summed E-state index contributed by atoms with van der Waals surface area (Å²) in [6.45, 7) is 4.42. The number of carbonyl (C=O) groups is 2. The number of likely N-dealkylation sites (tertiary alicyclic amines) is 1. The first-order valence-electron chi connectivity index (χ1n) is 8.61. The largest absolute Gasteiger partial charge is 0.465 e. The Labute approximate surface area is 157 Å². The third-order valence-electron chi connectivity index (χ3n) is 4.60. The Morgan fingerprint density at radius 2 is 2.20 bits per heavy atom. The van der Waals surface area contributed by atoms with Crippen LogP contribution in [0.5, 0.6) is 0 Å². The predicted molar refractivity (Wildman–Crippen MR) is 103 cm³/mol.